The lowest BCUT2D eigenvalue weighted by molar-refractivity contribution is -0.118. The minimum atomic E-state index is -3.72. The first-order valence-electron chi connectivity index (χ1n) is 9.24. The van der Waals surface area contributed by atoms with Crippen LogP contribution in [0.1, 0.15) is 0 Å². The number of hydrogen-bond donors (Lipinski definition) is 2. The van der Waals surface area contributed by atoms with Gasteiger partial charge in [0, 0.05) is 17.4 Å². The number of para-hydroxylation sites is 1. The van der Waals surface area contributed by atoms with Crippen LogP contribution < -0.4 is 24.2 Å². The van der Waals surface area contributed by atoms with Crippen LogP contribution in [0.4, 0.5) is 11.4 Å². The maximum Gasteiger partial charge on any atom is 0.262 e. The predicted octanol–water partition coefficient (Wildman–Crippen LogP) is 3.52. The van der Waals surface area contributed by atoms with Gasteiger partial charge in [-0.15, -0.1) is 0 Å². The van der Waals surface area contributed by atoms with E-state index in [0.29, 0.717) is 28.6 Å². The Morgan fingerprint density at radius 2 is 1.52 bits per heavy atom. The summed E-state index contributed by atoms with van der Waals surface area (Å²) in [7, 11) is -0.690. The molecular weight excluding hydrogens is 420 g/mol. The van der Waals surface area contributed by atoms with E-state index in [1.54, 1.807) is 48.5 Å². The first-order chi connectivity index (χ1) is 14.9. The molecule has 31 heavy (non-hydrogen) atoms. The van der Waals surface area contributed by atoms with Crippen molar-refractivity contribution in [3.8, 4) is 17.2 Å². The number of rotatable bonds is 9. The lowest BCUT2D eigenvalue weighted by atomic mass is 10.2. The van der Waals surface area contributed by atoms with Crippen LogP contribution in [0.3, 0.4) is 0 Å². The zero-order valence-corrected chi connectivity index (χ0v) is 17.8. The standard InChI is InChI=1S/C22H22N2O6S/c1-28-20-13-8-17(14-21(20)29-2)23-22(25)15-30-18-9-11-19(12-10-18)31(26,27)24-16-6-4-3-5-7-16/h3-14,24H,15H2,1-2H3,(H,23,25). The number of sulfonamides is 1. The van der Waals surface area contributed by atoms with Gasteiger partial charge in [-0.05, 0) is 48.5 Å². The Balaban J connectivity index is 1.57. The highest BCUT2D eigenvalue weighted by atomic mass is 32.2. The molecule has 0 heterocycles. The van der Waals surface area contributed by atoms with E-state index < -0.39 is 10.0 Å². The van der Waals surface area contributed by atoms with Gasteiger partial charge >= 0.3 is 0 Å². The van der Waals surface area contributed by atoms with Crippen LogP contribution in [-0.2, 0) is 14.8 Å². The molecule has 1 amide bonds. The van der Waals surface area contributed by atoms with Crippen LogP contribution in [0.5, 0.6) is 17.2 Å². The van der Waals surface area contributed by atoms with Crippen LogP contribution in [-0.4, -0.2) is 35.2 Å². The maximum absolute atomic E-state index is 12.4. The van der Waals surface area contributed by atoms with Crippen molar-refractivity contribution >= 4 is 27.3 Å². The van der Waals surface area contributed by atoms with Crippen LogP contribution >= 0.6 is 0 Å². The summed E-state index contributed by atoms with van der Waals surface area (Å²) in [6.07, 6.45) is 0. The fraction of sp³-hybridized carbons (Fsp3) is 0.136. The second kappa shape index (κ2) is 9.86. The maximum atomic E-state index is 12.4. The number of ether oxygens (including phenoxy) is 3. The number of amides is 1. The lowest BCUT2D eigenvalue weighted by Gasteiger charge is -2.11. The topological polar surface area (TPSA) is 103 Å². The number of nitrogens with one attached hydrogen (secondary N) is 2. The average Bonchev–Trinajstić information content (AvgIpc) is 2.78. The molecule has 2 N–H and O–H groups in total. The number of anilines is 2. The van der Waals surface area contributed by atoms with Gasteiger partial charge in [-0.2, -0.15) is 0 Å². The third kappa shape index (κ3) is 5.89. The first-order valence-corrected chi connectivity index (χ1v) is 10.7. The summed E-state index contributed by atoms with van der Waals surface area (Å²) >= 11 is 0. The summed E-state index contributed by atoms with van der Waals surface area (Å²) in [5, 5.41) is 2.70. The van der Waals surface area contributed by atoms with Gasteiger partial charge in [-0.25, -0.2) is 8.42 Å². The fourth-order valence-electron chi connectivity index (χ4n) is 2.70. The van der Waals surface area contributed by atoms with Crippen molar-refractivity contribution in [2.45, 2.75) is 4.90 Å². The molecule has 0 unspecified atom stereocenters. The Hall–Kier alpha value is -3.72. The third-order valence-corrected chi connectivity index (χ3v) is 5.59. The summed E-state index contributed by atoms with van der Waals surface area (Å²) in [6.45, 7) is -0.247. The van der Waals surface area contributed by atoms with Crippen molar-refractivity contribution in [2.75, 3.05) is 30.9 Å². The number of benzene rings is 3. The molecule has 0 radical (unpaired) electrons. The van der Waals surface area contributed by atoms with Gasteiger partial charge < -0.3 is 19.5 Å². The number of methoxy groups -OCH3 is 2. The molecule has 0 fully saturated rings. The molecule has 0 atom stereocenters. The molecule has 0 saturated carbocycles. The molecule has 8 nitrogen and oxygen atoms in total. The summed E-state index contributed by atoms with van der Waals surface area (Å²) in [6, 6.07) is 19.4. The summed E-state index contributed by atoms with van der Waals surface area (Å²) in [5.41, 5.74) is 0.995. The van der Waals surface area contributed by atoms with E-state index in [1.165, 1.54) is 38.5 Å². The van der Waals surface area contributed by atoms with Crippen molar-refractivity contribution in [3.63, 3.8) is 0 Å². The van der Waals surface area contributed by atoms with E-state index in [1.807, 2.05) is 0 Å². The van der Waals surface area contributed by atoms with Crippen molar-refractivity contribution in [3.05, 3.63) is 72.8 Å². The molecule has 0 bridgehead atoms. The van der Waals surface area contributed by atoms with Crippen molar-refractivity contribution in [2.24, 2.45) is 0 Å². The Kier molecular flexibility index (Phi) is 6.99. The zero-order chi connectivity index (χ0) is 22.3. The van der Waals surface area contributed by atoms with Gasteiger partial charge in [0.15, 0.2) is 18.1 Å². The SMILES string of the molecule is COc1ccc(NC(=O)COc2ccc(S(=O)(=O)Nc3ccccc3)cc2)cc1OC. The number of carbonyl (C=O) groups is 1. The summed E-state index contributed by atoms with van der Waals surface area (Å²) < 4.78 is 43.2. The van der Waals surface area contributed by atoms with Crippen molar-refractivity contribution < 1.29 is 27.4 Å². The fourth-order valence-corrected chi connectivity index (χ4v) is 3.75. The lowest BCUT2D eigenvalue weighted by Crippen LogP contribution is -2.20. The van der Waals surface area contributed by atoms with E-state index in [9.17, 15) is 13.2 Å². The second-order valence-corrected chi connectivity index (χ2v) is 8.03. The average molecular weight is 442 g/mol. The van der Waals surface area contributed by atoms with Gasteiger partial charge in [-0.1, -0.05) is 18.2 Å². The molecule has 0 spiro atoms. The van der Waals surface area contributed by atoms with E-state index in [-0.39, 0.29) is 17.4 Å². The molecule has 9 heteroatoms. The van der Waals surface area contributed by atoms with E-state index >= 15 is 0 Å². The normalized spacial score (nSPS) is 10.8. The molecule has 3 rings (SSSR count). The van der Waals surface area contributed by atoms with Crippen LogP contribution in [0.25, 0.3) is 0 Å². The molecule has 0 aromatic heterocycles. The largest absolute Gasteiger partial charge is 0.493 e. The van der Waals surface area contributed by atoms with Crippen molar-refractivity contribution in [1.82, 2.24) is 0 Å². The van der Waals surface area contributed by atoms with Crippen LogP contribution in [0.15, 0.2) is 77.7 Å². The Bertz CT molecular complexity index is 1130. The smallest absolute Gasteiger partial charge is 0.262 e. The molecular formula is C22H22N2O6S. The monoisotopic (exact) mass is 442 g/mol. The van der Waals surface area contributed by atoms with Crippen LogP contribution in [0.2, 0.25) is 0 Å². The third-order valence-electron chi connectivity index (χ3n) is 4.20. The molecule has 0 aliphatic carbocycles. The molecule has 162 valence electrons. The molecule has 0 aliphatic heterocycles. The molecule has 3 aromatic carbocycles. The van der Waals surface area contributed by atoms with E-state index in [0.717, 1.165) is 0 Å². The molecule has 0 aliphatic rings. The summed E-state index contributed by atoms with van der Waals surface area (Å²) in [4.78, 5) is 12.2. The van der Waals surface area contributed by atoms with Gasteiger partial charge in [0.1, 0.15) is 5.75 Å². The summed E-state index contributed by atoms with van der Waals surface area (Å²) in [5.74, 6) is 1.02. The van der Waals surface area contributed by atoms with Crippen LogP contribution in [0, 0.1) is 0 Å². The predicted molar refractivity (Wildman–Crippen MR) is 117 cm³/mol. The zero-order valence-electron chi connectivity index (χ0n) is 17.0. The quantitative estimate of drug-likeness (QED) is 0.526. The minimum absolute atomic E-state index is 0.0819. The van der Waals surface area contributed by atoms with Gasteiger partial charge in [0.2, 0.25) is 0 Å². The van der Waals surface area contributed by atoms with Gasteiger partial charge in [0.05, 0.1) is 19.1 Å². The first kappa shape index (κ1) is 22.0. The minimum Gasteiger partial charge on any atom is -0.493 e. The van der Waals surface area contributed by atoms with Gasteiger partial charge in [-0.3, -0.25) is 9.52 Å². The Morgan fingerprint density at radius 3 is 2.16 bits per heavy atom. The number of carbonyl (C=O) groups excluding carboxylic acids is 1. The van der Waals surface area contributed by atoms with Gasteiger partial charge in [0.25, 0.3) is 15.9 Å². The molecule has 3 aromatic rings. The molecule has 0 saturated heterocycles. The Morgan fingerprint density at radius 1 is 0.839 bits per heavy atom. The Labute approximate surface area is 180 Å². The highest BCUT2D eigenvalue weighted by Crippen LogP contribution is 2.29. The van der Waals surface area contributed by atoms with E-state index in [4.69, 9.17) is 14.2 Å². The number of hydrogen-bond acceptors (Lipinski definition) is 6. The van der Waals surface area contributed by atoms with E-state index in [2.05, 4.69) is 10.0 Å². The van der Waals surface area contributed by atoms with Crippen molar-refractivity contribution in [1.29, 1.82) is 0 Å². The highest BCUT2D eigenvalue weighted by Gasteiger charge is 2.14. The second-order valence-electron chi connectivity index (χ2n) is 6.35. The highest BCUT2D eigenvalue weighted by molar-refractivity contribution is 7.92.